The molecular formula is C21H23NO7S. The number of benzene rings is 1. The minimum absolute atomic E-state index is 0.0715. The largest absolute Gasteiger partial charge is 0.297 e. The molecule has 0 unspecified atom stereocenters. The number of aryl methyl sites for hydroxylation is 1. The van der Waals surface area contributed by atoms with Gasteiger partial charge in [-0.3, -0.25) is 24.0 Å². The minimum Gasteiger partial charge on any atom is -0.297 e. The van der Waals surface area contributed by atoms with E-state index in [2.05, 4.69) is 0 Å². The number of carbonyl (C=O) groups is 5. The molecule has 8 nitrogen and oxygen atoms in total. The zero-order chi connectivity index (χ0) is 23.1. The van der Waals surface area contributed by atoms with E-state index in [1.165, 1.54) is 47.6 Å². The number of carbonyl (C=O) groups excluding carboxylic acids is 5. The van der Waals surface area contributed by atoms with Crippen LogP contribution in [0.2, 0.25) is 0 Å². The number of nitrogens with zero attached hydrogens (tertiary/aromatic N) is 1. The van der Waals surface area contributed by atoms with E-state index >= 15 is 0 Å². The van der Waals surface area contributed by atoms with Crippen LogP contribution in [0.15, 0.2) is 11.0 Å². The Kier molecular flexibility index (Phi) is 4.52. The Hall–Kier alpha value is -2.68. The highest BCUT2D eigenvalue weighted by Gasteiger charge is 2.60. The Balaban J connectivity index is 2.24. The zero-order valence-corrected chi connectivity index (χ0v) is 18.7. The summed E-state index contributed by atoms with van der Waals surface area (Å²) < 4.78 is 25.7. The quantitative estimate of drug-likeness (QED) is 0.513. The van der Waals surface area contributed by atoms with Gasteiger partial charge in [0.1, 0.15) is 10.8 Å². The van der Waals surface area contributed by atoms with Gasteiger partial charge in [0, 0.05) is 12.6 Å². The van der Waals surface area contributed by atoms with Gasteiger partial charge in [-0.05, 0) is 58.7 Å². The van der Waals surface area contributed by atoms with Crippen LogP contribution in [0.5, 0.6) is 0 Å². The highest BCUT2D eigenvalue weighted by Crippen LogP contribution is 2.43. The van der Waals surface area contributed by atoms with E-state index in [1.807, 2.05) is 0 Å². The van der Waals surface area contributed by atoms with Crippen molar-refractivity contribution in [3.05, 3.63) is 28.3 Å². The summed E-state index contributed by atoms with van der Waals surface area (Å²) in [5.74, 6) is -5.46. The van der Waals surface area contributed by atoms with Crippen molar-refractivity contribution in [1.29, 1.82) is 0 Å². The first-order valence-corrected chi connectivity index (χ1v) is 10.8. The number of hydrogen-bond donors (Lipinski definition) is 0. The molecule has 1 aliphatic heterocycles. The number of fused-ring (bicyclic) bond motifs is 1. The molecule has 2 aliphatic rings. The van der Waals surface area contributed by atoms with Crippen LogP contribution < -0.4 is 0 Å². The van der Waals surface area contributed by atoms with Crippen molar-refractivity contribution in [2.45, 2.75) is 46.4 Å². The van der Waals surface area contributed by atoms with Gasteiger partial charge >= 0.3 is 0 Å². The van der Waals surface area contributed by atoms with E-state index in [1.54, 1.807) is 0 Å². The molecule has 1 aromatic rings. The fourth-order valence-corrected chi connectivity index (χ4v) is 5.93. The highest BCUT2D eigenvalue weighted by atomic mass is 32.2. The van der Waals surface area contributed by atoms with Crippen molar-refractivity contribution in [3.63, 3.8) is 0 Å². The predicted molar refractivity (Wildman–Crippen MR) is 106 cm³/mol. The fourth-order valence-electron chi connectivity index (χ4n) is 4.38. The van der Waals surface area contributed by atoms with Crippen LogP contribution in [0.25, 0.3) is 0 Å². The van der Waals surface area contributed by atoms with Gasteiger partial charge in [-0.2, -0.15) is 0 Å². The Bertz CT molecular complexity index is 1160. The molecule has 0 aromatic heterocycles. The van der Waals surface area contributed by atoms with Crippen molar-refractivity contribution in [2.24, 2.45) is 16.7 Å². The zero-order valence-electron chi connectivity index (χ0n) is 17.9. The molecule has 0 N–H and O–H groups in total. The van der Waals surface area contributed by atoms with E-state index in [9.17, 15) is 32.4 Å². The predicted octanol–water partition coefficient (Wildman–Crippen LogP) is 1.65. The summed E-state index contributed by atoms with van der Waals surface area (Å²) in [5.41, 5.74) is -3.01. The van der Waals surface area contributed by atoms with Crippen molar-refractivity contribution in [3.8, 4) is 0 Å². The third-order valence-corrected chi connectivity index (χ3v) is 8.19. The third-order valence-electron chi connectivity index (χ3n) is 6.26. The van der Waals surface area contributed by atoms with Crippen LogP contribution in [0.4, 0.5) is 0 Å². The van der Waals surface area contributed by atoms with Crippen LogP contribution in [-0.4, -0.2) is 48.8 Å². The van der Waals surface area contributed by atoms with Gasteiger partial charge in [-0.15, -0.1) is 0 Å². The number of hydrogen-bond acceptors (Lipinski definition) is 7. The molecule has 3 rings (SSSR count). The van der Waals surface area contributed by atoms with Crippen LogP contribution in [0, 0.1) is 30.6 Å². The molecule has 1 heterocycles. The molecule has 0 bridgehead atoms. The van der Waals surface area contributed by atoms with E-state index in [-0.39, 0.29) is 27.1 Å². The summed E-state index contributed by atoms with van der Waals surface area (Å²) in [4.78, 5) is 64.4. The topological polar surface area (TPSA) is 123 Å². The molecule has 0 spiro atoms. The molecule has 160 valence electrons. The SMILES string of the molecule is Cc1cc(C(=O)C2C(=O)C(C)(C)C(=O)C(C)(C)C2=O)c(C)c2c1S(=O)(=O)N(C)C2=O. The molecular weight excluding hydrogens is 410 g/mol. The van der Waals surface area contributed by atoms with Gasteiger partial charge < -0.3 is 0 Å². The number of sulfonamides is 1. The van der Waals surface area contributed by atoms with Crippen LogP contribution in [-0.2, 0) is 24.4 Å². The van der Waals surface area contributed by atoms with Crippen LogP contribution in [0.3, 0.4) is 0 Å². The van der Waals surface area contributed by atoms with E-state index in [0.717, 1.165) is 7.05 Å². The molecule has 0 saturated heterocycles. The molecule has 0 atom stereocenters. The summed E-state index contributed by atoms with van der Waals surface area (Å²) in [5, 5.41) is 0. The molecule has 1 fully saturated rings. The van der Waals surface area contributed by atoms with Gasteiger partial charge in [0.05, 0.1) is 16.4 Å². The molecule has 9 heteroatoms. The summed E-state index contributed by atoms with van der Waals surface area (Å²) in [7, 11) is -2.90. The smallest absolute Gasteiger partial charge is 0.269 e. The normalized spacial score (nSPS) is 22.4. The molecule has 1 saturated carbocycles. The minimum atomic E-state index is -4.03. The standard InChI is InChI=1S/C21H23NO7S/c1-9-8-11(10(2)12-15(9)30(28,29)22(7)18(12)26)14(23)13-16(24)20(3,4)19(27)21(5,6)17(13)25/h8,13H,1-7H3. The maximum Gasteiger partial charge on any atom is 0.269 e. The monoisotopic (exact) mass is 433 g/mol. The Morgan fingerprint density at radius 2 is 1.43 bits per heavy atom. The van der Waals surface area contributed by atoms with Gasteiger partial charge in [0.15, 0.2) is 23.1 Å². The molecule has 1 aromatic carbocycles. The number of Topliss-reactive ketones (excluding diaryl/α,β-unsaturated/α-hetero) is 4. The summed E-state index contributed by atoms with van der Waals surface area (Å²) >= 11 is 0. The molecule has 1 aliphatic carbocycles. The van der Waals surface area contributed by atoms with Crippen molar-refractivity contribution < 1.29 is 32.4 Å². The Morgan fingerprint density at radius 1 is 0.967 bits per heavy atom. The van der Waals surface area contributed by atoms with Crippen molar-refractivity contribution in [1.82, 2.24) is 4.31 Å². The summed E-state index contributed by atoms with van der Waals surface area (Å²) in [6.45, 7) is 8.41. The lowest BCUT2D eigenvalue weighted by molar-refractivity contribution is -0.158. The first-order chi connectivity index (χ1) is 13.5. The molecule has 30 heavy (non-hydrogen) atoms. The fraction of sp³-hybridized carbons (Fsp3) is 0.476. The van der Waals surface area contributed by atoms with Gasteiger partial charge in [0.25, 0.3) is 15.9 Å². The van der Waals surface area contributed by atoms with Crippen LogP contribution in [0.1, 0.15) is 59.5 Å². The average molecular weight is 433 g/mol. The average Bonchev–Trinajstić information content (AvgIpc) is 2.83. The van der Waals surface area contributed by atoms with Gasteiger partial charge in [-0.1, -0.05) is 0 Å². The lowest BCUT2D eigenvalue weighted by Crippen LogP contribution is -2.59. The molecule has 0 radical (unpaired) electrons. The van der Waals surface area contributed by atoms with Crippen molar-refractivity contribution in [2.75, 3.05) is 7.05 Å². The van der Waals surface area contributed by atoms with E-state index in [0.29, 0.717) is 4.31 Å². The maximum atomic E-state index is 13.4. The first kappa shape index (κ1) is 22.0. The lowest BCUT2D eigenvalue weighted by Gasteiger charge is -2.40. The van der Waals surface area contributed by atoms with Crippen LogP contribution >= 0.6 is 0 Å². The first-order valence-electron chi connectivity index (χ1n) is 9.35. The highest BCUT2D eigenvalue weighted by molar-refractivity contribution is 7.90. The van der Waals surface area contributed by atoms with Gasteiger partial charge in [-0.25, -0.2) is 12.7 Å². The van der Waals surface area contributed by atoms with Crippen molar-refractivity contribution >= 4 is 39.1 Å². The second kappa shape index (κ2) is 6.16. The lowest BCUT2D eigenvalue weighted by atomic mass is 9.57. The Morgan fingerprint density at radius 3 is 1.90 bits per heavy atom. The molecule has 1 amide bonds. The Labute approximate surface area is 174 Å². The second-order valence-corrected chi connectivity index (χ2v) is 10.9. The van der Waals surface area contributed by atoms with E-state index in [4.69, 9.17) is 0 Å². The van der Waals surface area contributed by atoms with E-state index < -0.39 is 55.8 Å². The third kappa shape index (κ3) is 2.50. The summed E-state index contributed by atoms with van der Waals surface area (Å²) in [6.07, 6.45) is 0. The summed E-state index contributed by atoms with van der Waals surface area (Å²) in [6, 6.07) is 1.29. The number of ketones is 4. The number of amides is 1. The second-order valence-electron chi connectivity index (χ2n) is 8.95. The van der Waals surface area contributed by atoms with Gasteiger partial charge in [0.2, 0.25) is 0 Å². The number of rotatable bonds is 2. The maximum absolute atomic E-state index is 13.4.